The Balaban J connectivity index is 1.62. The molecule has 130 valence electrons. The minimum absolute atomic E-state index is 0.353. The van der Waals surface area contributed by atoms with Gasteiger partial charge in [-0.1, -0.05) is 23.7 Å². The molecule has 0 aliphatic heterocycles. The van der Waals surface area contributed by atoms with E-state index in [-0.39, 0.29) is 5.76 Å². The normalized spacial score (nSPS) is 14.4. The fourth-order valence-electron chi connectivity index (χ4n) is 3.10. The Morgan fingerprint density at radius 3 is 2.88 bits per heavy atom. The number of hydrogen-bond acceptors (Lipinski definition) is 4. The molecule has 0 atom stereocenters. The number of halogens is 1. The van der Waals surface area contributed by atoms with Crippen molar-refractivity contribution in [1.82, 2.24) is 9.47 Å². The molecule has 0 amide bonds. The van der Waals surface area contributed by atoms with Crippen molar-refractivity contribution in [3.05, 3.63) is 63.6 Å². The molecule has 0 bridgehead atoms. The molecule has 4 rings (SSSR count). The molecule has 1 saturated carbocycles. The fraction of sp³-hybridized carbons (Fsp3) is 0.316. The maximum Gasteiger partial charge on any atom is 0.421 e. The van der Waals surface area contributed by atoms with Gasteiger partial charge in [-0.15, -0.1) is 0 Å². The van der Waals surface area contributed by atoms with E-state index >= 15 is 0 Å². The molecule has 5 nitrogen and oxygen atoms in total. The number of benzene rings is 2. The molecule has 0 spiro atoms. The average molecular weight is 359 g/mol. The van der Waals surface area contributed by atoms with Gasteiger partial charge in [0.15, 0.2) is 5.58 Å². The van der Waals surface area contributed by atoms with Gasteiger partial charge in [-0.05, 0) is 42.7 Å². The fourth-order valence-corrected chi connectivity index (χ4v) is 3.26. The molecule has 0 saturated heterocycles. The smallest absolute Gasteiger partial charge is 0.421 e. The van der Waals surface area contributed by atoms with E-state index in [9.17, 15) is 4.79 Å². The van der Waals surface area contributed by atoms with Gasteiger partial charge >= 0.3 is 5.76 Å². The van der Waals surface area contributed by atoms with Crippen LogP contribution in [0.5, 0.6) is 5.75 Å². The lowest BCUT2D eigenvalue weighted by molar-refractivity contribution is 0.194. The van der Waals surface area contributed by atoms with Gasteiger partial charge in [0.25, 0.3) is 0 Å². The minimum atomic E-state index is -0.353. The molecule has 0 N–H and O–H groups in total. The van der Waals surface area contributed by atoms with E-state index in [4.69, 9.17) is 20.8 Å². The summed E-state index contributed by atoms with van der Waals surface area (Å²) in [4.78, 5) is 14.6. The van der Waals surface area contributed by atoms with Crippen LogP contribution in [0.25, 0.3) is 11.1 Å². The van der Waals surface area contributed by atoms with Gasteiger partial charge < -0.3 is 9.15 Å². The summed E-state index contributed by atoms with van der Waals surface area (Å²) in [6.45, 7) is 1.25. The van der Waals surface area contributed by atoms with Gasteiger partial charge in [0.2, 0.25) is 0 Å². The highest BCUT2D eigenvalue weighted by molar-refractivity contribution is 6.31. The molecule has 6 heteroatoms. The summed E-state index contributed by atoms with van der Waals surface area (Å²) in [6, 6.07) is 13.8. The van der Waals surface area contributed by atoms with Gasteiger partial charge in [0.05, 0.1) is 19.3 Å². The van der Waals surface area contributed by atoms with Crippen LogP contribution in [-0.2, 0) is 13.2 Å². The molecule has 0 unspecified atom stereocenters. The average Bonchev–Trinajstić information content (AvgIpc) is 3.40. The van der Waals surface area contributed by atoms with Crippen molar-refractivity contribution in [2.45, 2.75) is 32.1 Å². The molecule has 25 heavy (non-hydrogen) atoms. The first-order valence-electron chi connectivity index (χ1n) is 8.30. The summed E-state index contributed by atoms with van der Waals surface area (Å²) in [6.07, 6.45) is 2.31. The zero-order chi connectivity index (χ0) is 17.4. The monoisotopic (exact) mass is 358 g/mol. The third-order valence-corrected chi connectivity index (χ3v) is 4.77. The zero-order valence-corrected chi connectivity index (χ0v) is 14.7. The Kier molecular flexibility index (Phi) is 4.27. The van der Waals surface area contributed by atoms with Gasteiger partial charge in [0, 0.05) is 23.7 Å². The maximum atomic E-state index is 12.3. The largest absolute Gasteiger partial charge is 0.497 e. The molecule has 1 aliphatic carbocycles. The highest BCUT2D eigenvalue weighted by atomic mass is 35.5. The summed E-state index contributed by atoms with van der Waals surface area (Å²) < 4.78 is 12.3. The van der Waals surface area contributed by atoms with Crippen LogP contribution < -0.4 is 10.5 Å². The number of rotatable bonds is 6. The highest BCUT2D eigenvalue weighted by Crippen LogP contribution is 2.30. The van der Waals surface area contributed by atoms with Gasteiger partial charge in [0.1, 0.15) is 5.75 Å². The number of oxazole rings is 1. The molecular formula is C19H19ClN2O3. The number of ether oxygens (including phenoxy) is 1. The van der Waals surface area contributed by atoms with E-state index in [0.717, 1.165) is 36.2 Å². The van der Waals surface area contributed by atoms with Crippen LogP contribution in [0.1, 0.15) is 18.4 Å². The minimum Gasteiger partial charge on any atom is -0.497 e. The Labute approximate surface area is 150 Å². The number of aromatic nitrogens is 1. The van der Waals surface area contributed by atoms with Crippen LogP contribution >= 0.6 is 11.6 Å². The van der Waals surface area contributed by atoms with E-state index < -0.39 is 0 Å². The molecule has 1 aromatic heterocycles. The Morgan fingerprint density at radius 1 is 1.28 bits per heavy atom. The van der Waals surface area contributed by atoms with Gasteiger partial charge in [-0.2, -0.15) is 0 Å². The van der Waals surface area contributed by atoms with E-state index in [2.05, 4.69) is 11.0 Å². The standard InChI is InChI=1S/C19H19ClN2O3/c1-24-16-4-2-3-13(9-16)11-21(15-6-7-15)12-22-17-8-5-14(20)10-18(17)25-19(22)23/h2-5,8-10,15H,6-7,11-12H2,1H3. The van der Waals surface area contributed by atoms with Crippen molar-refractivity contribution < 1.29 is 9.15 Å². The summed E-state index contributed by atoms with van der Waals surface area (Å²) in [5, 5.41) is 0.559. The third kappa shape index (κ3) is 3.43. The number of nitrogens with zero attached hydrogens (tertiary/aromatic N) is 2. The number of methoxy groups -OCH3 is 1. The maximum absolute atomic E-state index is 12.3. The predicted octanol–water partition coefficient (Wildman–Crippen LogP) is 3.88. The molecular weight excluding hydrogens is 340 g/mol. The third-order valence-electron chi connectivity index (χ3n) is 4.54. The zero-order valence-electron chi connectivity index (χ0n) is 13.9. The molecule has 3 aromatic rings. The lowest BCUT2D eigenvalue weighted by Crippen LogP contribution is -2.32. The summed E-state index contributed by atoms with van der Waals surface area (Å²) in [7, 11) is 1.67. The van der Waals surface area contributed by atoms with Gasteiger partial charge in [-0.3, -0.25) is 9.47 Å². The van der Waals surface area contributed by atoms with Crippen molar-refractivity contribution in [2.75, 3.05) is 7.11 Å². The lowest BCUT2D eigenvalue weighted by Gasteiger charge is -2.22. The predicted molar refractivity (Wildman–Crippen MR) is 97.0 cm³/mol. The van der Waals surface area contributed by atoms with E-state index in [1.54, 1.807) is 23.8 Å². The summed E-state index contributed by atoms with van der Waals surface area (Å²) in [5.74, 6) is 0.488. The van der Waals surface area contributed by atoms with Crippen molar-refractivity contribution in [3.8, 4) is 5.75 Å². The first-order chi connectivity index (χ1) is 12.1. The molecule has 1 fully saturated rings. The summed E-state index contributed by atoms with van der Waals surface area (Å²) in [5.41, 5.74) is 2.45. The Hall–Kier alpha value is -2.24. The molecule has 0 radical (unpaired) electrons. The van der Waals surface area contributed by atoms with E-state index in [1.165, 1.54) is 0 Å². The lowest BCUT2D eigenvalue weighted by atomic mass is 10.2. The molecule has 1 aliphatic rings. The molecule has 2 aromatic carbocycles. The second kappa shape index (κ2) is 6.58. The second-order valence-corrected chi connectivity index (χ2v) is 6.82. The van der Waals surface area contributed by atoms with E-state index in [0.29, 0.717) is 23.3 Å². The van der Waals surface area contributed by atoms with Crippen molar-refractivity contribution in [1.29, 1.82) is 0 Å². The van der Waals surface area contributed by atoms with Crippen LogP contribution in [0, 0.1) is 0 Å². The van der Waals surface area contributed by atoms with Crippen LogP contribution in [0.2, 0.25) is 5.02 Å². The van der Waals surface area contributed by atoms with Crippen LogP contribution in [-0.4, -0.2) is 22.6 Å². The van der Waals surface area contributed by atoms with Crippen LogP contribution in [0.4, 0.5) is 0 Å². The number of hydrogen-bond donors (Lipinski definition) is 0. The van der Waals surface area contributed by atoms with Crippen molar-refractivity contribution in [3.63, 3.8) is 0 Å². The highest BCUT2D eigenvalue weighted by Gasteiger charge is 2.30. The number of fused-ring (bicyclic) bond motifs is 1. The van der Waals surface area contributed by atoms with Crippen LogP contribution in [0.3, 0.4) is 0 Å². The van der Waals surface area contributed by atoms with E-state index in [1.807, 2.05) is 24.3 Å². The van der Waals surface area contributed by atoms with Crippen molar-refractivity contribution >= 4 is 22.7 Å². The SMILES string of the molecule is COc1cccc(CN(Cn2c(=O)oc3cc(Cl)ccc32)C2CC2)c1. The Bertz CT molecular complexity index is 959. The first kappa shape index (κ1) is 16.2. The Morgan fingerprint density at radius 2 is 2.12 bits per heavy atom. The van der Waals surface area contributed by atoms with Crippen molar-refractivity contribution in [2.24, 2.45) is 0 Å². The topological polar surface area (TPSA) is 47.6 Å². The quantitative estimate of drug-likeness (QED) is 0.671. The second-order valence-electron chi connectivity index (χ2n) is 6.38. The molecule has 1 heterocycles. The van der Waals surface area contributed by atoms with Crippen LogP contribution in [0.15, 0.2) is 51.7 Å². The summed E-state index contributed by atoms with van der Waals surface area (Å²) >= 11 is 5.99. The van der Waals surface area contributed by atoms with Gasteiger partial charge in [-0.25, -0.2) is 4.79 Å². The first-order valence-corrected chi connectivity index (χ1v) is 8.68.